The molecule has 16 heavy (non-hydrogen) atoms. The molecule has 0 atom stereocenters. The fraction of sp³-hybridized carbons (Fsp3) is 0.467. The molecule has 1 nitrogen and oxygen atoms in total. The van der Waals surface area contributed by atoms with Crippen LogP contribution in [0.4, 0.5) is 0 Å². The van der Waals surface area contributed by atoms with Gasteiger partial charge in [-0.2, -0.15) is 0 Å². The third-order valence-electron chi connectivity index (χ3n) is 4.12. The van der Waals surface area contributed by atoms with Gasteiger partial charge in [0.1, 0.15) is 0 Å². The van der Waals surface area contributed by atoms with Crippen molar-refractivity contribution in [2.24, 2.45) is 0 Å². The SMILES string of the molecule is C1=CCC2(C1)CCCN2Cc1ccccc1. The summed E-state index contributed by atoms with van der Waals surface area (Å²) in [6.07, 6.45) is 10.0. The minimum absolute atomic E-state index is 0.482. The van der Waals surface area contributed by atoms with Crippen LogP contribution in [0, 0.1) is 0 Å². The van der Waals surface area contributed by atoms with Crippen molar-refractivity contribution in [3.05, 3.63) is 48.0 Å². The summed E-state index contributed by atoms with van der Waals surface area (Å²) in [6, 6.07) is 10.9. The summed E-state index contributed by atoms with van der Waals surface area (Å²) in [6.45, 7) is 2.40. The van der Waals surface area contributed by atoms with Gasteiger partial charge in [-0.25, -0.2) is 0 Å². The van der Waals surface area contributed by atoms with Crippen molar-refractivity contribution in [3.63, 3.8) is 0 Å². The van der Waals surface area contributed by atoms with Crippen molar-refractivity contribution in [2.45, 2.75) is 37.8 Å². The van der Waals surface area contributed by atoms with Crippen LogP contribution >= 0.6 is 0 Å². The average Bonchev–Trinajstić information content (AvgIpc) is 2.93. The van der Waals surface area contributed by atoms with Gasteiger partial charge in [-0.15, -0.1) is 0 Å². The molecule has 1 aliphatic heterocycles. The number of rotatable bonds is 2. The molecule has 0 aromatic heterocycles. The van der Waals surface area contributed by atoms with Crippen LogP contribution in [0.15, 0.2) is 42.5 Å². The molecule has 1 heterocycles. The Morgan fingerprint density at radius 1 is 1.06 bits per heavy atom. The molecule has 0 bridgehead atoms. The zero-order valence-corrected chi connectivity index (χ0v) is 9.73. The van der Waals surface area contributed by atoms with Gasteiger partial charge in [0.25, 0.3) is 0 Å². The lowest BCUT2D eigenvalue weighted by atomic mass is 9.93. The van der Waals surface area contributed by atoms with Crippen LogP contribution in [0.2, 0.25) is 0 Å². The predicted octanol–water partition coefficient (Wildman–Crippen LogP) is 3.37. The van der Waals surface area contributed by atoms with E-state index in [1.54, 1.807) is 0 Å². The monoisotopic (exact) mass is 213 g/mol. The maximum atomic E-state index is 2.70. The summed E-state index contributed by atoms with van der Waals surface area (Å²) >= 11 is 0. The Balaban J connectivity index is 1.75. The van der Waals surface area contributed by atoms with E-state index in [0.29, 0.717) is 5.54 Å². The minimum Gasteiger partial charge on any atom is -0.293 e. The molecule has 3 rings (SSSR count). The lowest BCUT2D eigenvalue weighted by Crippen LogP contribution is -2.40. The van der Waals surface area contributed by atoms with Gasteiger partial charge >= 0.3 is 0 Å². The molecule has 84 valence electrons. The molecule has 0 radical (unpaired) electrons. The van der Waals surface area contributed by atoms with E-state index >= 15 is 0 Å². The van der Waals surface area contributed by atoms with Gasteiger partial charge in [0.15, 0.2) is 0 Å². The van der Waals surface area contributed by atoms with Crippen LogP contribution in [0.1, 0.15) is 31.2 Å². The zero-order valence-electron chi connectivity index (χ0n) is 9.73. The van der Waals surface area contributed by atoms with Crippen LogP contribution in [0.3, 0.4) is 0 Å². The first-order valence-electron chi connectivity index (χ1n) is 6.33. The minimum atomic E-state index is 0.482. The summed E-state index contributed by atoms with van der Waals surface area (Å²) in [4.78, 5) is 2.70. The summed E-state index contributed by atoms with van der Waals surface area (Å²) in [7, 11) is 0. The second kappa shape index (κ2) is 4.06. The van der Waals surface area contributed by atoms with E-state index in [1.807, 2.05) is 0 Å². The molecule has 1 heteroatoms. The third-order valence-corrected chi connectivity index (χ3v) is 4.12. The largest absolute Gasteiger partial charge is 0.293 e. The Morgan fingerprint density at radius 3 is 2.56 bits per heavy atom. The second-order valence-corrected chi connectivity index (χ2v) is 5.11. The molecule has 1 saturated heterocycles. The van der Waals surface area contributed by atoms with Crippen LogP contribution < -0.4 is 0 Å². The Kier molecular flexibility index (Phi) is 2.56. The van der Waals surface area contributed by atoms with E-state index in [0.717, 1.165) is 6.54 Å². The number of hydrogen-bond donors (Lipinski definition) is 0. The highest BCUT2D eigenvalue weighted by Crippen LogP contribution is 2.40. The molecule has 0 saturated carbocycles. The Bertz CT molecular complexity index is 372. The number of hydrogen-bond acceptors (Lipinski definition) is 1. The first-order valence-corrected chi connectivity index (χ1v) is 6.33. The summed E-state index contributed by atoms with van der Waals surface area (Å²) in [5, 5.41) is 0. The number of likely N-dealkylation sites (tertiary alicyclic amines) is 1. The predicted molar refractivity (Wildman–Crippen MR) is 67.2 cm³/mol. The zero-order chi connectivity index (χ0) is 10.8. The van der Waals surface area contributed by atoms with Crippen molar-refractivity contribution in [1.82, 2.24) is 4.90 Å². The van der Waals surface area contributed by atoms with Gasteiger partial charge in [0.05, 0.1) is 0 Å². The van der Waals surface area contributed by atoms with Crippen molar-refractivity contribution in [2.75, 3.05) is 6.54 Å². The average molecular weight is 213 g/mol. The third kappa shape index (κ3) is 1.69. The normalized spacial score (nSPS) is 23.2. The van der Waals surface area contributed by atoms with Crippen molar-refractivity contribution in [3.8, 4) is 0 Å². The van der Waals surface area contributed by atoms with E-state index in [4.69, 9.17) is 0 Å². The maximum Gasteiger partial charge on any atom is 0.0282 e. The highest BCUT2D eigenvalue weighted by atomic mass is 15.2. The summed E-state index contributed by atoms with van der Waals surface area (Å²) < 4.78 is 0. The Morgan fingerprint density at radius 2 is 1.81 bits per heavy atom. The Hall–Kier alpha value is -1.08. The number of benzene rings is 1. The van der Waals surface area contributed by atoms with Crippen LogP contribution in [-0.2, 0) is 6.54 Å². The van der Waals surface area contributed by atoms with Gasteiger partial charge in [0, 0.05) is 12.1 Å². The molecule has 1 aliphatic carbocycles. The van der Waals surface area contributed by atoms with Crippen molar-refractivity contribution in [1.29, 1.82) is 0 Å². The van der Waals surface area contributed by atoms with Gasteiger partial charge in [0.2, 0.25) is 0 Å². The fourth-order valence-electron chi connectivity index (χ4n) is 3.20. The van der Waals surface area contributed by atoms with E-state index in [2.05, 4.69) is 47.4 Å². The molecule has 0 unspecified atom stereocenters. The van der Waals surface area contributed by atoms with Gasteiger partial charge in [-0.05, 0) is 37.8 Å². The molecule has 2 aliphatic rings. The van der Waals surface area contributed by atoms with Crippen LogP contribution in [0.25, 0.3) is 0 Å². The molecular weight excluding hydrogens is 194 g/mol. The molecular formula is C15H19N. The second-order valence-electron chi connectivity index (χ2n) is 5.11. The number of nitrogens with zero attached hydrogens (tertiary/aromatic N) is 1. The summed E-state index contributed by atoms with van der Waals surface area (Å²) in [5.74, 6) is 0. The quantitative estimate of drug-likeness (QED) is 0.681. The molecule has 0 amide bonds. The lowest BCUT2D eigenvalue weighted by molar-refractivity contribution is 0.141. The lowest BCUT2D eigenvalue weighted by Gasteiger charge is -2.35. The molecule has 1 aromatic rings. The van der Waals surface area contributed by atoms with Gasteiger partial charge < -0.3 is 0 Å². The van der Waals surface area contributed by atoms with E-state index in [1.165, 1.54) is 37.8 Å². The van der Waals surface area contributed by atoms with Crippen LogP contribution in [0.5, 0.6) is 0 Å². The maximum absolute atomic E-state index is 2.70. The Labute approximate surface area is 97.8 Å². The van der Waals surface area contributed by atoms with E-state index in [-0.39, 0.29) is 0 Å². The standard InChI is InChI=1S/C15H19N/c1-2-7-14(8-3-1)13-16-12-6-11-15(16)9-4-5-10-15/h1-5,7-8H,6,9-13H2. The van der Waals surface area contributed by atoms with Crippen molar-refractivity contribution < 1.29 is 0 Å². The first-order chi connectivity index (χ1) is 7.89. The summed E-state index contributed by atoms with van der Waals surface area (Å²) in [5.41, 5.74) is 1.94. The fourth-order valence-corrected chi connectivity index (χ4v) is 3.20. The first kappa shape index (κ1) is 10.1. The molecule has 1 aromatic carbocycles. The molecule has 1 spiro atoms. The van der Waals surface area contributed by atoms with Crippen LogP contribution in [-0.4, -0.2) is 17.0 Å². The topological polar surface area (TPSA) is 3.24 Å². The molecule has 1 fully saturated rings. The highest BCUT2D eigenvalue weighted by molar-refractivity contribution is 5.17. The van der Waals surface area contributed by atoms with Gasteiger partial charge in [-0.1, -0.05) is 42.5 Å². The van der Waals surface area contributed by atoms with Gasteiger partial charge in [-0.3, -0.25) is 4.90 Å². The molecule has 0 N–H and O–H groups in total. The smallest absolute Gasteiger partial charge is 0.0282 e. The van der Waals surface area contributed by atoms with Crippen molar-refractivity contribution >= 4 is 0 Å². The van der Waals surface area contributed by atoms with E-state index in [9.17, 15) is 0 Å². The van der Waals surface area contributed by atoms with E-state index < -0.39 is 0 Å². The highest BCUT2D eigenvalue weighted by Gasteiger charge is 2.40.